The van der Waals surface area contributed by atoms with E-state index in [1.54, 1.807) is 0 Å². The molecule has 1 aliphatic rings. The second-order valence-corrected chi connectivity index (χ2v) is 9.09. The molecule has 2 N–H and O–H groups in total. The average molecular weight is 434 g/mol. The van der Waals surface area contributed by atoms with Gasteiger partial charge in [0.1, 0.15) is 5.75 Å². The van der Waals surface area contributed by atoms with Crippen molar-refractivity contribution in [3.63, 3.8) is 0 Å². The molecular weight excluding hydrogens is 398 g/mol. The highest BCUT2D eigenvalue weighted by Gasteiger charge is 2.24. The van der Waals surface area contributed by atoms with Gasteiger partial charge in [-0.1, -0.05) is 19.4 Å². The molecule has 3 aromatic rings. The van der Waals surface area contributed by atoms with Gasteiger partial charge in [0.15, 0.2) is 0 Å². The Labute approximate surface area is 191 Å². The summed E-state index contributed by atoms with van der Waals surface area (Å²) in [6.45, 7) is 9.63. The molecule has 1 amide bonds. The molecule has 1 aliphatic heterocycles. The third-order valence-electron chi connectivity index (χ3n) is 6.53. The summed E-state index contributed by atoms with van der Waals surface area (Å²) in [5.41, 5.74) is 3.91. The highest BCUT2D eigenvalue weighted by molar-refractivity contribution is 6.05. The van der Waals surface area contributed by atoms with Gasteiger partial charge < -0.3 is 19.9 Å². The van der Waals surface area contributed by atoms with E-state index in [9.17, 15) is 4.79 Å². The lowest BCUT2D eigenvalue weighted by Crippen LogP contribution is -2.37. The number of nitrogens with zero attached hydrogens (tertiary/aromatic N) is 1. The van der Waals surface area contributed by atoms with Crippen LogP contribution in [0.4, 0.5) is 5.69 Å². The summed E-state index contributed by atoms with van der Waals surface area (Å²) in [7, 11) is 0. The van der Waals surface area contributed by atoms with Crippen molar-refractivity contribution in [1.29, 1.82) is 0 Å². The fourth-order valence-electron chi connectivity index (χ4n) is 4.55. The van der Waals surface area contributed by atoms with Gasteiger partial charge >= 0.3 is 0 Å². The first kappa shape index (κ1) is 22.4. The van der Waals surface area contributed by atoms with E-state index in [0.29, 0.717) is 24.1 Å². The first-order chi connectivity index (χ1) is 15.5. The quantitative estimate of drug-likeness (QED) is 0.417. The van der Waals surface area contributed by atoms with Crippen molar-refractivity contribution >= 4 is 22.5 Å². The molecule has 0 saturated carbocycles. The smallest absolute Gasteiger partial charge is 0.255 e. The maximum absolute atomic E-state index is 12.9. The summed E-state index contributed by atoms with van der Waals surface area (Å²) < 4.78 is 5.75. The standard InChI is InChI=1S/C27H35N3O2/c1-4-5-15-32-23-8-6-7-21(16-23)27(31)29-22-9-10-26-24(17-22)25(18-28-26)20-11-13-30(14-12-20)19(2)3/h6-10,16-20,28H,4-5,11-15H2,1-3H3,(H,29,31). The van der Waals surface area contributed by atoms with Crippen molar-refractivity contribution in [2.75, 3.05) is 25.0 Å². The number of rotatable bonds is 8. The number of H-pyrrole nitrogens is 1. The van der Waals surface area contributed by atoms with E-state index in [-0.39, 0.29) is 5.91 Å². The molecule has 1 aromatic heterocycles. The minimum Gasteiger partial charge on any atom is -0.494 e. The van der Waals surface area contributed by atoms with Crippen molar-refractivity contribution in [2.24, 2.45) is 0 Å². The van der Waals surface area contributed by atoms with Gasteiger partial charge in [0.25, 0.3) is 5.91 Å². The zero-order valence-electron chi connectivity index (χ0n) is 19.5. The van der Waals surface area contributed by atoms with E-state index in [2.05, 4.69) is 54.3 Å². The minimum absolute atomic E-state index is 0.118. The molecule has 0 spiro atoms. The molecule has 1 fully saturated rings. The van der Waals surface area contributed by atoms with Gasteiger partial charge in [0.2, 0.25) is 0 Å². The number of benzene rings is 2. The fraction of sp³-hybridized carbons (Fsp3) is 0.444. The van der Waals surface area contributed by atoms with Gasteiger partial charge in [-0.15, -0.1) is 0 Å². The number of hydrogen-bond acceptors (Lipinski definition) is 3. The predicted octanol–water partition coefficient (Wildman–Crippen LogP) is 6.19. The third-order valence-corrected chi connectivity index (χ3v) is 6.53. The van der Waals surface area contributed by atoms with Crippen molar-refractivity contribution in [1.82, 2.24) is 9.88 Å². The molecule has 0 bridgehead atoms. The van der Waals surface area contributed by atoms with Gasteiger partial charge in [0, 0.05) is 34.4 Å². The molecule has 1 saturated heterocycles. The Bertz CT molecular complexity index is 1050. The Morgan fingerprint density at radius 1 is 1.19 bits per heavy atom. The summed E-state index contributed by atoms with van der Waals surface area (Å²) >= 11 is 0. The topological polar surface area (TPSA) is 57.4 Å². The Hall–Kier alpha value is -2.79. The summed E-state index contributed by atoms with van der Waals surface area (Å²) in [5, 5.41) is 4.28. The van der Waals surface area contributed by atoms with Crippen molar-refractivity contribution < 1.29 is 9.53 Å². The van der Waals surface area contributed by atoms with E-state index in [0.717, 1.165) is 42.9 Å². The van der Waals surface area contributed by atoms with Crippen LogP contribution in [0.25, 0.3) is 10.9 Å². The van der Waals surface area contributed by atoms with Crippen LogP contribution in [0.15, 0.2) is 48.7 Å². The van der Waals surface area contributed by atoms with Gasteiger partial charge in [-0.25, -0.2) is 0 Å². The largest absolute Gasteiger partial charge is 0.494 e. The number of aromatic amines is 1. The molecular formula is C27H35N3O2. The molecule has 0 radical (unpaired) electrons. The van der Waals surface area contributed by atoms with Crippen LogP contribution in [0.1, 0.15) is 68.3 Å². The van der Waals surface area contributed by atoms with Crippen molar-refractivity contribution in [2.45, 2.75) is 58.4 Å². The molecule has 0 aliphatic carbocycles. The van der Waals surface area contributed by atoms with Crippen LogP contribution in [0.5, 0.6) is 5.75 Å². The minimum atomic E-state index is -0.118. The number of nitrogens with one attached hydrogen (secondary N) is 2. The van der Waals surface area contributed by atoms with E-state index in [4.69, 9.17) is 4.74 Å². The Kier molecular flexibility index (Phi) is 7.15. The summed E-state index contributed by atoms with van der Waals surface area (Å²) in [6, 6.07) is 14.1. The van der Waals surface area contributed by atoms with Gasteiger partial charge in [-0.2, -0.15) is 0 Å². The molecule has 4 rings (SSSR count). The van der Waals surface area contributed by atoms with Crippen LogP contribution in [0.2, 0.25) is 0 Å². The van der Waals surface area contributed by atoms with Crippen LogP contribution >= 0.6 is 0 Å². The van der Waals surface area contributed by atoms with E-state index in [1.165, 1.54) is 23.8 Å². The Morgan fingerprint density at radius 2 is 2.00 bits per heavy atom. The number of fused-ring (bicyclic) bond motifs is 1. The maximum atomic E-state index is 12.9. The fourth-order valence-corrected chi connectivity index (χ4v) is 4.55. The summed E-state index contributed by atoms with van der Waals surface area (Å²) in [4.78, 5) is 18.9. The number of likely N-dealkylation sites (tertiary alicyclic amines) is 1. The van der Waals surface area contributed by atoms with E-state index >= 15 is 0 Å². The molecule has 0 atom stereocenters. The van der Waals surface area contributed by atoms with E-state index in [1.807, 2.05) is 30.3 Å². The van der Waals surface area contributed by atoms with Crippen molar-refractivity contribution in [3.05, 3.63) is 59.8 Å². The monoisotopic (exact) mass is 433 g/mol. The number of amides is 1. The lowest BCUT2D eigenvalue weighted by Gasteiger charge is -2.34. The highest BCUT2D eigenvalue weighted by Crippen LogP contribution is 2.34. The number of aromatic nitrogens is 1. The van der Waals surface area contributed by atoms with Crippen molar-refractivity contribution in [3.8, 4) is 5.75 Å². The highest BCUT2D eigenvalue weighted by atomic mass is 16.5. The number of ether oxygens (including phenoxy) is 1. The number of hydrogen-bond donors (Lipinski definition) is 2. The molecule has 5 heteroatoms. The first-order valence-electron chi connectivity index (χ1n) is 11.9. The average Bonchev–Trinajstić information content (AvgIpc) is 3.23. The molecule has 2 heterocycles. The van der Waals surface area contributed by atoms with E-state index < -0.39 is 0 Å². The maximum Gasteiger partial charge on any atom is 0.255 e. The first-order valence-corrected chi connectivity index (χ1v) is 11.9. The number of carbonyl (C=O) groups is 1. The Morgan fingerprint density at radius 3 is 2.75 bits per heavy atom. The molecule has 170 valence electrons. The third kappa shape index (κ3) is 5.16. The molecule has 5 nitrogen and oxygen atoms in total. The zero-order chi connectivity index (χ0) is 22.5. The van der Waals surface area contributed by atoms with Crippen LogP contribution < -0.4 is 10.1 Å². The number of anilines is 1. The van der Waals surface area contributed by atoms with Crippen LogP contribution in [0.3, 0.4) is 0 Å². The SMILES string of the molecule is CCCCOc1cccc(C(=O)Nc2ccc3[nH]cc(C4CCN(C(C)C)CC4)c3c2)c1. The number of unbranched alkanes of at least 4 members (excludes halogenated alkanes) is 1. The van der Waals surface area contributed by atoms with Gasteiger partial charge in [-0.05, 0) is 94.1 Å². The molecule has 32 heavy (non-hydrogen) atoms. The summed E-state index contributed by atoms with van der Waals surface area (Å²) in [5.74, 6) is 1.18. The van der Waals surface area contributed by atoms with Gasteiger partial charge in [0.05, 0.1) is 6.61 Å². The normalized spacial score (nSPS) is 15.4. The van der Waals surface area contributed by atoms with Crippen LogP contribution in [-0.4, -0.2) is 41.5 Å². The van der Waals surface area contributed by atoms with Crippen LogP contribution in [0, 0.1) is 0 Å². The summed E-state index contributed by atoms with van der Waals surface area (Å²) in [6.07, 6.45) is 6.59. The van der Waals surface area contributed by atoms with Gasteiger partial charge in [-0.3, -0.25) is 4.79 Å². The molecule has 0 unspecified atom stereocenters. The molecule has 2 aromatic carbocycles. The second-order valence-electron chi connectivity index (χ2n) is 9.09. The lowest BCUT2D eigenvalue weighted by atomic mass is 9.88. The predicted molar refractivity (Wildman–Crippen MR) is 132 cm³/mol. The number of piperidine rings is 1. The zero-order valence-corrected chi connectivity index (χ0v) is 19.5. The second kappa shape index (κ2) is 10.2. The lowest BCUT2D eigenvalue weighted by molar-refractivity contribution is 0.102. The Balaban J connectivity index is 1.47. The number of carbonyl (C=O) groups excluding carboxylic acids is 1. The van der Waals surface area contributed by atoms with Crippen LogP contribution in [-0.2, 0) is 0 Å².